The lowest BCUT2D eigenvalue weighted by Gasteiger charge is -2.38. The lowest BCUT2D eigenvalue weighted by Crippen LogP contribution is -2.47. The fourth-order valence-corrected chi connectivity index (χ4v) is 3.41. The molecule has 2 atom stereocenters. The van der Waals surface area contributed by atoms with Gasteiger partial charge in [0.05, 0.1) is 18.3 Å². The zero-order valence-corrected chi connectivity index (χ0v) is 14.1. The van der Waals surface area contributed by atoms with Gasteiger partial charge in [-0.15, -0.1) is 0 Å². The standard InChI is InChI=1S/C19H22N2O3/c1-12-18(23-13(2)20-12)19(22)21-10-16(14-6-4-3-5-7-14)24-17(11-21)15-8-9-15/h3-7,15-17H,8-11H2,1-2H3/t16-,17+/m0/s1. The number of hydrogen-bond donors (Lipinski definition) is 0. The smallest absolute Gasteiger partial charge is 0.291 e. The van der Waals surface area contributed by atoms with Crippen molar-refractivity contribution in [1.82, 2.24) is 9.88 Å². The third-order valence-corrected chi connectivity index (χ3v) is 4.83. The summed E-state index contributed by atoms with van der Waals surface area (Å²) in [5.41, 5.74) is 1.77. The maximum absolute atomic E-state index is 12.9. The third-order valence-electron chi connectivity index (χ3n) is 4.83. The number of aromatic nitrogens is 1. The Balaban J connectivity index is 1.59. The number of aryl methyl sites for hydroxylation is 2. The maximum Gasteiger partial charge on any atom is 0.291 e. The first-order valence-electron chi connectivity index (χ1n) is 8.55. The Kier molecular flexibility index (Phi) is 3.88. The Morgan fingerprint density at radius 3 is 2.54 bits per heavy atom. The average molecular weight is 326 g/mol. The van der Waals surface area contributed by atoms with Gasteiger partial charge in [0.15, 0.2) is 5.89 Å². The molecule has 0 spiro atoms. The van der Waals surface area contributed by atoms with Gasteiger partial charge in [-0.1, -0.05) is 30.3 Å². The van der Waals surface area contributed by atoms with Crippen molar-refractivity contribution in [2.75, 3.05) is 13.1 Å². The monoisotopic (exact) mass is 326 g/mol. The van der Waals surface area contributed by atoms with E-state index in [2.05, 4.69) is 17.1 Å². The van der Waals surface area contributed by atoms with Gasteiger partial charge in [-0.05, 0) is 31.2 Å². The van der Waals surface area contributed by atoms with Crippen molar-refractivity contribution < 1.29 is 13.9 Å². The Labute approximate surface area is 141 Å². The molecule has 0 unspecified atom stereocenters. The minimum atomic E-state index is -0.0844. The Hall–Kier alpha value is -2.14. The molecule has 0 radical (unpaired) electrons. The molecule has 1 aromatic heterocycles. The van der Waals surface area contributed by atoms with Crippen LogP contribution in [0.4, 0.5) is 0 Å². The van der Waals surface area contributed by atoms with Crippen LogP contribution in [0.25, 0.3) is 0 Å². The van der Waals surface area contributed by atoms with Crippen LogP contribution in [0.3, 0.4) is 0 Å². The molecule has 24 heavy (non-hydrogen) atoms. The Morgan fingerprint density at radius 1 is 1.17 bits per heavy atom. The van der Waals surface area contributed by atoms with Crippen LogP contribution in [0, 0.1) is 19.8 Å². The normalized spacial score (nSPS) is 24.2. The van der Waals surface area contributed by atoms with E-state index in [0.29, 0.717) is 36.4 Å². The highest BCUT2D eigenvalue weighted by Crippen LogP contribution is 2.39. The van der Waals surface area contributed by atoms with Crippen LogP contribution in [0.2, 0.25) is 0 Å². The molecule has 5 heteroatoms. The molecule has 2 fully saturated rings. The molecule has 1 aliphatic carbocycles. The molecule has 1 amide bonds. The number of oxazole rings is 1. The first-order valence-corrected chi connectivity index (χ1v) is 8.55. The van der Waals surface area contributed by atoms with Gasteiger partial charge < -0.3 is 14.1 Å². The topological polar surface area (TPSA) is 55.6 Å². The van der Waals surface area contributed by atoms with Gasteiger partial charge in [0.25, 0.3) is 5.91 Å². The van der Waals surface area contributed by atoms with Crippen molar-refractivity contribution in [3.05, 3.63) is 53.2 Å². The molecule has 4 rings (SSSR count). The molecule has 126 valence electrons. The van der Waals surface area contributed by atoms with Gasteiger partial charge in [0.2, 0.25) is 5.76 Å². The van der Waals surface area contributed by atoms with Crippen LogP contribution in [-0.2, 0) is 4.74 Å². The van der Waals surface area contributed by atoms with Gasteiger partial charge in [-0.2, -0.15) is 0 Å². The van der Waals surface area contributed by atoms with Gasteiger partial charge in [0, 0.05) is 13.5 Å². The minimum Gasteiger partial charge on any atom is -0.436 e. The zero-order chi connectivity index (χ0) is 16.7. The lowest BCUT2D eigenvalue weighted by molar-refractivity contribution is -0.0868. The summed E-state index contributed by atoms with van der Waals surface area (Å²) in [6.45, 7) is 4.76. The minimum absolute atomic E-state index is 0.0806. The number of hydrogen-bond acceptors (Lipinski definition) is 4. The first kappa shape index (κ1) is 15.4. The SMILES string of the molecule is Cc1nc(C)c(C(=O)N2C[C@@H](c3ccccc3)O[C@@H](C3CC3)C2)o1. The largest absolute Gasteiger partial charge is 0.436 e. The molecule has 1 aromatic carbocycles. The summed E-state index contributed by atoms with van der Waals surface area (Å²) in [4.78, 5) is 19.0. The number of carbonyl (C=O) groups is 1. The number of nitrogens with zero attached hydrogens (tertiary/aromatic N) is 2. The fourth-order valence-electron chi connectivity index (χ4n) is 3.41. The summed E-state index contributed by atoms with van der Waals surface area (Å²) in [6, 6.07) is 10.1. The number of ether oxygens (including phenoxy) is 1. The second-order valence-corrected chi connectivity index (χ2v) is 6.77. The van der Waals surface area contributed by atoms with Crippen molar-refractivity contribution in [2.24, 2.45) is 5.92 Å². The highest BCUT2D eigenvalue weighted by Gasteiger charge is 2.41. The summed E-state index contributed by atoms with van der Waals surface area (Å²) in [7, 11) is 0. The third kappa shape index (κ3) is 2.96. The second-order valence-electron chi connectivity index (χ2n) is 6.77. The van der Waals surface area contributed by atoms with Crippen LogP contribution in [0.5, 0.6) is 0 Å². The molecule has 2 aliphatic rings. The van der Waals surface area contributed by atoms with E-state index in [1.165, 1.54) is 12.8 Å². The number of amides is 1. The quantitative estimate of drug-likeness (QED) is 0.868. The van der Waals surface area contributed by atoms with Crippen molar-refractivity contribution in [2.45, 2.75) is 38.9 Å². The van der Waals surface area contributed by atoms with E-state index < -0.39 is 0 Å². The van der Waals surface area contributed by atoms with Crippen molar-refractivity contribution in [3.63, 3.8) is 0 Å². The van der Waals surface area contributed by atoms with Gasteiger partial charge >= 0.3 is 0 Å². The lowest BCUT2D eigenvalue weighted by atomic mass is 10.0. The highest BCUT2D eigenvalue weighted by molar-refractivity contribution is 5.92. The van der Waals surface area contributed by atoms with Gasteiger partial charge in [-0.3, -0.25) is 4.79 Å². The summed E-state index contributed by atoms with van der Waals surface area (Å²) in [5.74, 6) is 1.38. The number of morpholine rings is 1. The Bertz CT molecular complexity index is 736. The molecule has 1 saturated carbocycles. The number of benzene rings is 1. The molecular weight excluding hydrogens is 304 g/mol. The van der Waals surface area contributed by atoms with Crippen molar-refractivity contribution in [3.8, 4) is 0 Å². The fraction of sp³-hybridized carbons (Fsp3) is 0.474. The van der Waals surface area contributed by atoms with Gasteiger partial charge in [0.1, 0.15) is 6.10 Å². The number of rotatable bonds is 3. The summed E-state index contributed by atoms with van der Waals surface area (Å²) in [6.07, 6.45) is 2.40. The van der Waals surface area contributed by atoms with Crippen LogP contribution in [-0.4, -0.2) is 35.0 Å². The van der Waals surface area contributed by atoms with Crippen molar-refractivity contribution in [1.29, 1.82) is 0 Å². The molecule has 2 aromatic rings. The highest BCUT2D eigenvalue weighted by atomic mass is 16.5. The van der Waals surface area contributed by atoms with E-state index in [1.54, 1.807) is 6.92 Å². The molecule has 1 saturated heterocycles. The average Bonchev–Trinajstić information content (AvgIpc) is 3.39. The van der Waals surface area contributed by atoms with Crippen LogP contribution in [0.15, 0.2) is 34.7 Å². The van der Waals surface area contributed by atoms with E-state index in [1.807, 2.05) is 30.0 Å². The molecule has 5 nitrogen and oxygen atoms in total. The van der Waals surface area contributed by atoms with E-state index >= 15 is 0 Å². The van der Waals surface area contributed by atoms with Gasteiger partial charge in [-0.25, -0.2) is 4.98 Å². The van der Waals surface area contributed by atoms with Crippen LogP contribution >= 0.6 is 0 Å². The molecule has 2 heterocycles. The van der Waals surface area contributed by atoms with E-state index in [0.717, 1.165) is 5.56 Å². The number of carbonyl (C=O) groups excluding carboxylic acids is 1. The van der Waals surface area contributed by atoms with Crippen LogP contribution < -0.4 is 0 Å². The maximum atomic E-state index is 12.9. The van der Waals surface area contributed by atoms with Crippen LogP contribution in [0.1, 0.15) is 46.6 Å². The van der Waals surface area contributed by atoms with E-state index in [4.69, 9.17) is 9.15 Å². The van der Waals surface area contributed by atoms with E-state index in [9.17, 15) is 4.79 Å². The summed E-state index contributed by atoms with van der Waals surface area (Å²) < 4.78 is 11.8. The summed E-state index contributed by atoms with van der Waals surface area (Å²) >= 11 is 0. The van der Waals surface area contributed by atoms with E-state index in [-0.39, 0.29) is 18.1 Å². The predicted octanol–water partition coefficient (Wildman–Crippen LogP) is 3.28. The Morgan fingerprint density at radius 2 is 1.92 bits per heavy atom. The predicted molar refractivity (Wildman–Crippen MR) is 88.7 cm³/mol. The molecular formula is C19H22N2O3. The second kappa shape index (κ2) is 6.06. The first-order chi connectivity index (χ1) is 11.6. The zero-order valence-electron chi connectivity index (χ0n) is 14.1. The molecule has 1 aliphatic heterocycles. The van der Waals surface area contributed by atoms with Crippen molar-refractivity contribution >= 4 is 5.91 Å². The molecule has 0 N–H and O–H groups in total. The molecule has 0 bridgehead atoms. The summed E-state index contributed by atoms with van der Waals surface area (Å²) in [5, 5.41) is 0.